The third-order valence-electron chi connectivity index (χ3n) is 2.43. The minimum Gasteiger partial charge on any atom is -0.384 e. The SMILES string of the molecule is CC(C)C(C)NC(=O)c1cc(N)nc(Cl)c1. The van der Waals surface area contributed by atoms with Crippen LogP contribution in [-0.2, 0) is 0 Å². The Bertz CT molecular complexity index is 373. The van der Waals surface area contributed by atoms with Gasteiger partial charge in [-0.15, -0.1) is 0 Å². The Morgan fingerprint density at radius 1 is 1.44 bits per heavy atom. The maximum absolute atomic E-state index is 11.8. The van der Waals surface area contributed by atoms with Crippen LogP contribution >= 0.6 is 11.6 Å². The Balaban J connectivity index is 2.80. The summed E-state index contributed by atoms with van der Waals surface area (Å²) in [5, 5.41) is 3.09. The predicted octanol–water partition coefficient (Wildman–Crippen LogP) is 2.09. The van der Waals surface area contributed by atoms with E-state index in [0.717, 1.165) is 0 Å². The molecule has 3 N–H and O–H groups in total. The fraction of sp³-hybridized carbons (Fsp3) is 0.455. The number of hydrogen-bond donors (Lipinski definition) is 2. The third-order valence-corrected chi connectivity index (χ3v) is 2.63. The molecular formula is C11H16ClN3O. The second kappa shape index (κ2) is 5.16. The molecule has 0 saturated carbocycles. The lowest BCUT2D eigenvalue weighted by Crippen LogP contribution is -2.36. The molecule has 1 aromatic rings. The van der Waals surface area contributed by atoms with Gasteiger partial charge in [-0.2, -0.15) is 0 Å². The van der Waals surface area contributed by atoms with Crippen LogP contribution in [0.1, 0.15) is 31.1 Å². The predicted molar refractivity (Wildman–Crippen MR) is 65.4 cm³/mol. The van der Waals surface area contributed by atoms with E-state index >= 15 is 0 Å². The molecule has 0 aliphatic heterocycles. The van der Waals surface area contributed by atoms with Crippen LogP contribution in [0.25, 0.3) is 0 Å². The normalized spacial score (nSPS) is 12.6. The Kier molecular flexibility index (Phi) is 4.12. The average molecular weight is 242 g/mol. The number of carbonyl (C=O) groups excluding carboxylic acids is 1. The van der Waals surface area contributed by atoms with E-state index in [0.29, 0.717) is 11.5 Å². The first-order valence-electron chi connectivity index (χ1n) is 5.14. The minimum atomic E-state index is -0.183. The van der Waals surface area contributed by atoms with Gasteiger partial charge in [0.2, 0.25) is 0 Å². The number of hydrogen-bond acceptors (Lipinski definition) is 3. The topological polar surface area (TPSA) is 68.0 Å². The number of halogens is 1. The molecule has 0 fully saturated rings. The highest BCUT2D eigenvalue weighted by molar-refractivity contribution is 6.29. The quantitative estimate of drug-likeness (QED) is 0.797. The monoisotopic (exact) mass is 241 g/mol. The summed E-state index contributed by atoms with van der Waals surface area (Å²) >= 11 is 5.72. The summed E-state index contributed by atoms with van der Waals surface area (Å²) in [6, 6.07) is 3.11. The maximum Gasteiger partial charge on any atom is 0.251 e. The van der Waals surface area contributed by atoms with Gasteiger partial charge in [0, 0.05) is 11.6 Å². The molecule has 88 valence electrons. The summed E-state index contributed by atoms with van der Waals surface area (Å²) in [5.41, 5.74) is 5.95. The number of nitrogen functional groups attached to an aromatic ring is 1. The Morgan fingerprint density at radius 2 is 2.06 bits per heavy atom. The van der Waals surface area contributed by atoms with Gasteiger partial charge in [0.05, 0.1) is 0 Å². The van der Waals surface area contributed by atoms with Crippen molar-refractivity contribution in [2.45, 2.75) is 26.8 Å². The molecule has 0 saturated heterocycles. The van der Waals surface area contributed by atoms with E-state index in [1.807, 2.05) is 20.8 Å². The number of aromatic nitrogens is 1. The van der Waals surface area contributed by atoms with E-state index in [1.54, 1.807) is 0 Å². The lowest BCUT2D eigenvalue weighted by Gasteiger charge is -2.17. The van der Waals surface area contributed by atoms with Crippen LogP contribution in [0.2, 0.25) is 5.15 Å². The summed E-state index contributed by atoms with van der Waals surface area (Å²) in [6.45, 7) is 6.03. The number of pyridine rings is 1. The fourth-order valence-electron chi connectivity index (χ4n) is 1.11. The van der Waals surface area contributed by atoms with Crippen molar-refractivity contribution in [3.05, 3.63) is 22.8 Å². The third kappa shape index (κ3) is 3.38. The number of anilines is 1. The summed E-state index contributed by atoms with van der Waals surface area (Å²) in [7, 11) is 0. The number of carbonyl (C=O) groups is 1. The molecular weight excluding hydrogens is 226 g/mol. The fourth-order valence-corrected chi connectivity index (χ4v) is 1.32. The van der Waals surface area contributed by atoms with Crippen LogP contribution in [0.4, 0.5) is 5.82 Å². The zero-order valence-corrected chi connectivity index (χ0v) is 10.4. The van der Waals surface area contributed by atoms with E-state index in [2.05, 4.69) is 10.3 Å². The Hall–Kier alpha value is -1.29. The van der Waals surface area contributed by atoms with Gasteiger partial charge in [-0.1, -0.05) is 25.4 Å². The van der Waals surface area contributed by atoms with Crippen molar-refractivity contribution in [3.8, 4) is 0 Å². The Labute approximate surface area is 100 Å². The second-order valence-electron chi connectivity index (χ2n) is 4.11. The highest BCUT2D eigenvalue weighted by atomic mass is 35.5. The van der Waals surface area contributed by atoms with Crippen molar-refractivity contribution in [2.24, 2.45) is 5.92 Å². The number of nitrogens with zero attached hydrogens (tertiary/aromatic N) is 1. The van der Waals surface area contributed by atoms with Crippen LogP contribution in [0.3, 0.4) is 0 Å². The smallest absolute Gasteiger partial charge is 0.251 e. The van der Waals surface area contributed by atoms with Gasteiger partial charge in [0.15, 0.2) is 0 Å². The number of rotatable bonds is 3. The van der Waals surface area contributed by atoms with Crippen LogP contribution in [-0.4, -0.2) is 16.9 Å². The molecule has 1 heterocycles. The van der Waals surface area contributed by atoms with Gasteiger partial charge in [0.25, 0.3) is 5.91 Å². The molecule has 16 heavy (non-hydrogen) atoms. The average Bonchev–Trinajstić information content (AvgIpc) is 2.15. The summed E-state index contributed by atoms with van der Waals surface area (Å²) in [5.74, 6) is 0.436. The molecule has 4 nitrogen and oxygen atoms in total. The van der Waals surface area contributed by atoms with E-state index in [9.17, 15) is 4.79 Å². The number of nitrogens with one attached hydrogen (secondary N) is 1. The molecule has 0 aliphatic rings. The lowest BCUT2D eigenvalue weighted by atomic mass is 10.1. The summed E-state index contributed by atoms with van der Waals surface area (Å²) in [4.78, 5) is 15.6. The van der Waals surface area contributed by atoms with Crippen LogP contribution in [0.5, 0.6) is 0 Å². The first-order valence-corrected chi connectivity index (χ1v) is 5.52. The molecule has 1 atom stereocenters. The number of amides is 1. The minimum absolute atomic E-state index is 0.0978. The van der Waals surface area contributed by atoms with Gasteiger partial charge >= 0.3 is 0 Å². The molecule has 0 radical (unpaired) electrons. The van der Waals surface area contributed by atoms with Crippen LogP contribution < -0.4 is 11.1 Å². The summed E-state index contributed by atoms with van der Waals surface area (Å²) < 4.78 is 0. The van der Waals surface area contributed by atoms with Gasteiger partial charge < -0.3 is 11.1 Å². The molecule has 0 bridgehead atoms. The standard InChI is InChI=1S/C11H16ClN3O/c1-6(2)7(3)14-11(16)8-4-9(12)15-10(13)5-8/h4-7H,1-3H3,(H2,13,15)(H,14,16). The van der Waals surface area contributed by atoms with Crippen molar-refractivity contribution in [2.75, 3.05) is 5.73 Å². The van der Waals surface area contributed by atoms with Gasteiger partial charge in [-0.25, -0.2) is 4.98 Å². The Morgan fingerprint density at radius 3 is 2.56 bits per heavy atom. The summed E-state index contributed by atoms with van der Waals surface area (Å²) in [6.07, 6.45) is 0. The highest BCUT2D eigenvalue weighted by Gasteiger charge is 2.13. The molecule has 0 aromatic carbocycles. The van der Waals surface area contributed by atoms with Crippen molar-refractivity contribution in [1.29, 1.82) is 0 Å². The number of nitrogens with two attached hydrogens (primary N) is 1. The zero-order chi connectivity index (χ0) is 12.3. The first kappa shape index (κ1) is 12.8. The molecule has 1 unspecified atom stereocenters. The lowest BCUT2D eigenvalue weighted by molar-refractivity contribution is 0.0930. The van der Waals surface area contributed by atoms with E-state index in [1.165, 1.54) is 12.1 Å². The van der Waals surface area contributed by atoms with Gasteiger partial charge in [0.1, 0.15) is 11.0 Å². The molecule has 1 aromatic heterocycles. The van der Waals surface area contributed by atoms with Crippen molar-refractivity contribution < 1.29 is 4.79 Å². The molecule has 5 heteroatoms. The van der Waals surface area contributed by atoms with Crippen LogP contribution in [0.15, 0.2) is 12.1 Å². The molecule has 0 spiro atoms. The first-order chi connectivity index (χ1) is 7.40. The highest BCUT2D eigenvalue weighted by Crippen LogP contribution is 2.12. The van der Waals surface area contributed by atoms with Gasteiger partial charge in [-0.3, -0.25) is 4.79 Å². The van der Waals surface area contributed by atoms with E-state index in [4.69, 9.17) is 17.3 Å². The zero-order valence-electron chi connectivity index (χ0n) is 9.62. The molecule has 0 aliphatic carbocycles. The molecule has 1 rings (SSSR count). The van der Waals surface area contributed by atoms with Crippen molar-refractivity contribution in [1.82, 2.24) is 10.3 Å². The van der Waals surface area contributed by atoms with Crippen molar-refractivity contribution in [3.63, 3.8) is 0 Å². The maximum atomic E-state index is 11.8. The van der Waals surface area contributed by atoms with Crippen molar-refractivity contribution >= 4 is 23.3 Å². The van der Waals surface area contributed by atoms with Crippen LogP contribution in [0, 0.1) is 5.92 Å². The largest absolute Gasteiger partial charge is 0.384 e. The van der Waals surface area contributed by atoms with E-state index in [-0.39, 0.29) is 22.9 Å². The van der Waals surface area contributed by atoms with E-state index < -0.39 is 0 Å². The second-order valence-corrected chi connectivity index (χ2v) is 4.50. The molecule has 1 amide bonds. The van der Waals surface area contributed by atoms with Gasteiger partial charge in [-0.05, 0) is 25.0 Å².